The molecule has 0 heterocycles. The molecule has 5 heteroatoms. The molecule has 0 bridgehead atoms. The lowest BCUT2D eigenvalue weighted by Crippen LogP contribution is -2.29. The van der Waals surface area contributed by atoms with E-state index in [4.69, 9.17) is 45.3 Å². The zero-order valence-corrected chi connectivity index (χ0v) is 13.1. The Balaban J connectivity index is 2.28. The molecule has 0 aliphatic heterocycles. The quantitative estimate of drug-likeness (QED) is 0.845. The van der Waals surface area contributed by atoms with E-state index in [9.17, 15) is 0 Å². The molecule has 0 aromatic heterocycles. The van der Waals surface area contributed by atoms with Crippen molar-refractivity contribution in [2.75, 3.05) is 0 Å². The summed E-state index contributed by atoms with van der Waals surface area (Å²) in [5, 5.41) is 1.57. The predicted molar refractivity (Wildman–Crippen MR) is 84.9 cm³/mol. The highest BCUT2D eigenvalue weighted by atomic mass is 35.5. The third-order valence-corrected chi connectivity index (χ3v) is 3.78. The molecule has 0 spiro atoms. The van der Waals surface area contributed by atoms with Gasteiger partial charge in [0.2, 0.25) is 0 Å². The van der Waals surface area contributed by atoms with Gasteiger partial charge >= 0.3 is 0 Å². The minimum Gasteiger partial charge on any atom is -0.484 e. The molecule has 0 aliphatic rings. The van der Waals surface area contributed by atoms with Crippen molar-refractivity contribution in [3.8, 4) is 5.75 Å². The maximum atomic E-state index is 6.01. The molecule has 2 atom stereocenters. The van der Waals surface area contributed by atoms with Gasteiger partial charge in [0.1, 0.15) is 11.9 Å². The largest absolute Gasteiger partial charge is 0.484 e. The van der Waals surface area contributed by atoms with Crippen molar-refractivity contribution in [3.05, 3.63) is 63.1 Å². The highest BCUT2D eigenvalue weighted by molar-refractivity contribution is 6.42. The van der Waals surface area contributed by atoms with Crippen LogP contribution in [0.15, 0.2) is 42.5 Å². The number of hydrogen-bond donors (Lipinski definition) is 1. The third kappa shape index (κ3) is 3.80. The Hall–Kier alpha value is -0.930. The summed E-state index contributed by atoms with van der Waals surface area (Å²) >= 11 is 17.9. The van der Waals surface area contributed by atoms with Crippen molar-refractivity contribution in [2.45, 2.75) is 19.1 Å². The molecule has 2 rings (SSSR count). The first-order valence-electron chi connectivity index (χ1n) is 6.10. The molecule has 20 heavy (non-hydrogen) atoms. The zero-order chi connectivity index (χ0) is 14.7. The van der Waals surface area contributed by atoms with E-state index >= 15 is 0 Å². The Morgan fingerprint density at radius 2 is 1.75 bits per heavy atom. The van der Waals surface area contributed by atoms with E-state index in [1.807, 2.05) is 31.2 Å². The summed E-state index contributed by atoms with van der Waals surface area (Å²) in [4.78, 5) is 0. The van der Waals surface area contributed by atoms with Crippen LogP contribution in [0.5, 0.6) is 5.75 Å². The number of hydrogen-bond acceptors (Lipinski definition) is 2. The number of nitrogens with two attached hydrogens (primary N) is 1. The second kappa shape index (κ2) is 6.68. The summed E-state index contributed by atoms with van der Waals surface area (Å²) < 4.78 is 5.93. The molecule has 0 aliphatic carbocycles. The maximum Gasteiger partial charge on any atom is 0.139 e. The van der Waals surface area contributed by atoms with Crippen molar-refractivity contribution in [3.63, 3.8) is 0 Å². The molecule has 0 saturated heterocycles. The number of halogens is 3. The van der Waals surface area contributed by atoms with E-state index in [-0.39, 0.29) is 12.1 Å². The fraction of sp³-hybridized carbons (Fsp3) is 0.200. The van der Waals surface area contributed by atoms with Crippen molar-refractivity contribution < 1.29 is 4.74 Å². The minimum absolute atomic E-state index is 0.206. The van der Waals surface area contributed by atoms with Crippen LogP contribution in [0.3, 0.4) is 0 Å². The summed E-state index contributed by atoms with van der Waals surface area (Å²) in [5.41, 5.74) is 6.92. The van der Waals surface area contributed by atoms with Gasteiger partial charge in [0.25, 0.3) is 0 Å². The summed E-state index contributed by atoms with van der Waals surface area (Å²) in [7, 11) is 0. The predicted octanol–water partition coefficient (Wildman–Crippen LogP) is 5.11. The first-order valence-corrected chi connectivity index (χ1v) is 7.23. The molecule has 106 valence electrons. The minimum atomic E-state index is -0.314. The summed E-state index contributed by atoms with van der Waals surface area (Å²) in [6.45, 7) is 1.88. The van der Waals surface area contributed by atoms with Gasteiger partial charge in [-0.2, -0.15) is 0 Å². The van der Waals surface area contributed by atoms with E-state index < -0.39 is 0 Å². The van der Waals surface area contributed by atoms with E-state index in [1.165, 1.54) is 0 Å². The van der Waals surface area contributed by atoms with Gasteiger partial charge in [-0.25, -0.2) is 0 Å². The Morgan fingerprint density at radius 3 is 2.35 bits per heavy atom. The second-order valence-corrected chi connectivity index (χ2v) is 5.78. The van der Waals surface area contributed by atoms with Crippen LogP contribution in [0.25, 0.3) is 0 Å². The third-order valence-electron chi connectivity index (χ3n) is 2.81. The monoisotopic (exact) mass is 329 g/mol. The lowest BCUT2D eigenvalue weighted by molar-refractivity contribution is 0.180. The standard InChI is InChI=1S/C15H14Cl3NO/c1-9(19)15(10-3-2-4-11(16)7-10)20-12-5-6-13(17)14(18)8-12/h2-9,15H,19H2,1H3. The zero-order valence-electron chi connectivity index (χ0n) is 10.8. The van der Waals surface area contributed by atoms with Crippen LogP contribution in [0, 0.1) is 0 Å². The molecule has 0 fully saturated rings. The molecule has 2 aromatic carbocycles. The van der Waals surface area contributed by atoms with Crippen LogP contribution >= 0.6 is 34.8 Å². The SMILES string of the molecule is CC(N)C(Oc1ccc(Cl)c(Cl)c1)c1cccc(Cl)c1. The van der Waals surface area contributed by atoms with Gasteiger partial charge in [-0.15, -0.1) is 0 Å². The topological polar surface area (TPSA) is 35.2 Å². The van der Waals surface area contributed by atoms with Crippen LogP contribution in [-0.2, 0) is 0 Å². The Labute approximate surface area is 133 Å². The number of rotatable bonds is 4. The first kappa shape index (κ1) is 15.5. The highest BCUT2D eigenvalue weighted by Crippen LogP contribution is 2.30. The molecular weight excluding hydrogens is 317 g/mol. The molecular formula is C15H14Cl3NO. The lowest BCUT2D eigenvalue weighted by atomic mass is 10.0. The van der Waals surface area contributed by atoms with Gasteiger partial charge in [-0.3, -0.25) is 0 Å². The summed E-state index contributed by atoms with van der Waals surface area (Å²) in [5.74, 6) is 0.613. The molecule has 0 amide bonds. The van der Waals surface area contributed by atoms with Crippen molar-refractivity contribution in [2.24, 2.45) is 5.73 Å². The van der Waals surface area contributed by atoms with Crippen LogP contribution in [0.1, 0.15) is 18.6 Å². The lowest BCUT2D eigenvalue weighted by Gasteiger charge is -2.23. The Bertz CT molecular complexity index is 601. The van der Waals surface area contributed by atoms with Gasteiger partial charge in [-0.05, 0) is 36.8 Å². The van der Waals surface area contributed by atoms with Crippen molar-refractivity contribution >= 4 is 34.8 Å². The summed E-state index contributed by atoms with van der Waals surface area (Å²) in [6.07, 6.45) is -0.314. The fourth-order valence-corrected chi connectivity index (χ4v) is 2.35. The first-order chi connectivity index (χ1) is 9.47. The van der Waals surface area contributed by atoms with Gasteiger partial charge in [-0.1, -0.05) is 46.9 Å². The Kier molecular flexibility index (Phi) is 5.17. The van der Waals surface area contributed by atoms with Gasteiger partial charge in [0, 0.05) is 17.1 Å². The average Bonchev–Trinajstić information content (AvgIpc) is 2.39. The Morgan fingerprint density at radius 1 is 1.00 bits per heavy atom. The van der Waals surface area contributed by atoms with Crippen LogP contribution < -0.4 is 10.5 Å². The molecule has 0 radical (unpaired) electrons. The maximum absolute atomic E-state index is 6.01. The van der Waals surface area contributed by atoms with Gasteiger partial charge in [0.05, 0.1) is 10.0 Å². The number of ether oxygens (including phenoxy) is 1. The second-order valence-electron chi connectivity index (χ2n) is 4.53. The van der Waals surface area contributed by atoms with Crippen LogP contribution in [0.2, 0.25) is 15.1 Å². The smallest absolute Gasteiger partial charge is 0.139 e. The average molecular weight is 331 g/mol. The van der Waals surface area contributed by atoms with Crippen LogP contribution in [0.4, 0.5) is 0 Å². The normalized spacial score (nSPS) is 13.8. The van der Waals surface area contributed by atoms with Crippen molar-refractivity contribution in [1.82, 2.24) is 0 Å². The van der Waals surface area contributed by atoms with E-state index in [0.717, 1.165) is 5.56 Å². The molecule has 2 aromatic rings. The fourth-order valence-electron chi connectivity index (χ4n) is 1.86. The van der Waals surface area contributed by atoms with E-state index in [1.54, 1.807) is 18.2 Å². The highest BCUT2D eigenvalue weighted by Gasteiger charge is 2.19. The molecule has 2 nitrogen and oxygen atoms in total. The van der Waals surface area contributed by atoms with Crippen LogP contribution in [-0.4, -0.2) is 6.04 Å². The molecule has 2 unspecified atom stereocenters. The van der Waals surface area contributed by atoms with Gasteiger partial charge in [0.15, 0.2) is 0 Å². The number of benzene rings is 2. The van der Waals surface area contributed by atoms with E-state index in [2.05, 4.69) is 0 Å². The summed E-state index contributed by atoms with van der Waals surface area (Å²) in [6, 6.07) is 12.4. The molecule has 2 N–H and O–H groups in total. The molecule has 0 saturated carbocycles. The van der Waals surface area contributed by atoms with E-state index in [0.29, 0.717) is 20.8 Å². The van der Waals surface area contributed by atoms with Gasteiger partial charge < -0.3 is 10.5 Å². The van der Waals surface area contributed by atoms with Crippen molar-refractivity contribution in [1.29, 1.82) is 0 Å².